The van der Waals surface area contributed by atoms with Crippen LogP contribution >= 0.6 is 23.4 Å². The molecule has 156 valence electrons. The van der Waals surface area contributed by atoms with Crippen molar-refractivity contribution in [1.82, 2.24) is 15.3 Å². The SMILES string of the molecule is CCCSc1ncc(Cl)c(C(=O)NCCCC(=O)Nc2ccc(OCC)cc2)n1. The average Bonchev–Trinajstić information content (AvgIpc) is 2.72. The average molecular weight is 437 g/mol. The number of aromatic nitrogens is 2. The van der Waals surface area contributed by atoms with Crippen LogP contribution in [0.15, 0.2) is 35.6 Å². The Balaban J connectivity index is 1.75. The Bertz CT molecular complexity index is 818. The lowest BCUT2D eigenvalue weighted by Crippen LogP contribution is -2.27. The van der Waals surface area contributed by atoms with Crippen molar-refractivity contribution in [1.29, 1.82) is 0 Å². The number of nitrogens with zero attached hydrogens (tertiary/aromatic N) is 2. The summed E-state index contributed by atoms with van der Waals surface area (Å²) >= 11 is 7.52. The van der Waals surface area contributed by atoms with Crippen molar-refractivity contribution < 1.29 is 14.3 Å². The minimum atomic E-state index is -0.373. The van der Waals surface area contributed by atoms with Gasteiger partial charge in [-0.2, -0.15) is 0 Å². The molecule has 1 heterocycles. The minimum Gasteiger partial charge on any atom is -0.494 e. The van der Waals surface area contributed by atoms with Gasteiger partial charge >= 0.3 is 0 Å². The van der Waals surface area contributed by atoms with Gasteiger partial charge in [-0.15, -0.1) is 0 Å². The van der Waals surface area contributed by atoms with Crippen LogP contribution in [0.1, 0.15) is 43.6 Å². The molecule has 2 aromatic rings. The fourth-order valence-electron chi connectivity index (χ4n) is 2.33. The largest absolute Gasteiger partial charge is 0.494 e. The molecule has 29 heavy (non-hydrogen) atoms. The van der Waals surface area contributed by atoms with Gasteiger partial charge in [-0.25, -0.2) is 9.97 Å². The second-order valence-electron chi connectivity index (χ2n) is 6.06. The van der Waals surface area contributed by atoms with E-state index in [4.69, 9.17) is 16.3 Å². The first kappa shape index (κ1) is 23.0. The normalized spacial score (nSPS) is 10.4. The lowest BCUT2D eigenvalue weighted by molar-refractivity contribution is -0.116. The molecule has 0 unspecified atom stereocenters. The number of carbonyl (C=O) groups is 2. The maximum atomic E-state index is 12.3. The van der Waals surface area contributed by atoms with Crippen LogP contribution in [-0.4, -0.2) is 40.7 Å². The molecule has 1 aromatic heterocycles. The zero-order chi connectivity index (χ0) is 21.1. The van der Waals surface area contributed by atoms with Crippen LogP contribution in [0.5, 0.6) is 5.75 Å². The van der Waals surface area contributed by atoms with E-state index in [9.17, 15) is 9.59 Å². The highest BCUT2D eigenvalue weighted by molar-refractivity contribution is 7.99. The molecule has 0 saturated carbocycles. The van der Waals surface area contributed by atoms with Gasteiger partial charge < -0.3 is 15.4 Å². The molecule has 0 bridgehead atoms. The molecule has 7 nitrogen and oxygen atoms in total. The first-order chi connectivity index (χ1) is 14.0. The van der Waals surface area contributed by atoms with Gasteiger partial charge in [0, 0.05) is 24.4 Å². The summed E-state index contributed by atoms with van der Waals surface area (Å²) in [5, 5.41) is 6.29. The molecule has 0 spiro atoms. The lowest BCUT2D eigenvalue weighted by Gasteiger charge is -2.08. The van der Waals surface area contributed by atoms with Crippen molar-refractivity contribution in [3.8, 4) is 5.75 Å². The summed E-state index contributed by atoms with van der Waals surface area (Å²) < 4.78 is 5.37. The van der Waals surface area contributed by atoms with Crippen molar-refractivity contribution in [3.63, 3.8) is 0 Å². The van der Waals surface area contributed by atoms with Gasteiger partial charge in [0.05, 0.1) is 17.8 Å². The van der Waals surface area contributed by atoms with E-state index in [1.54, 1.807) is 24.3 Å². The van der Waals surface area contributed by atoms with Gasteiger partial charge in [0.25, 0.3) is 5.91 Å². The lowest BCUT2D eigenvalue weighted by atomic mass is 10.2. The summed E-state index contributed by atoms with van der Waals surface area (Å²) in [6.07, 6.45) is 3.19. The number of thioether (sulfide) groups is 1. The topological polar surface area (TPSA) is 93.2 Å². The molecule has 2 N–H and O–H groups in total. The van der Waals surface area contributed by atoms with E-state index in [0.29, 0.717) is 30.4 Å². The number of rotatable bonds is 11. The van der Waals surface area contributed by atoms with Gasteiger partial charge in [0.1, 0.15) is 5.75 Å². The number of benzene rings is 1. The molecule has 0 aliphatic carbocycles. The standard InChI is InChI=1S/C20H25ClN4O3S/c1-3-12-29-20-23-13-16(21)18(25-20)19(27)22-11-5-6-17(26)24-14-7-9-15(10-8-14)28-4-2/h7-10,13H,3-6,11-12H2,1-2H3,(H,22,27)(H,24,26). The van der Waals surface area contributed by atoms with E-state index in [1.165, 1.54) is 18.0 Å². The maximum absolute atomic E-state index is 12.3. The number of halogens is 1. The van der Waals surface area contributed by atoms with Gasteiger partial charge in [-0.3, -0.25) is 9.59 Å². The van der Waals surface area contributed by atoms with Crippen LogP contribution < -0.4 is 15.4 Å². The third-order valence-corrected chi connectivity index (χ3v) is 5.03. The van der Waals surface area contributed by atoms with Gasteiger partial charge in [0.2, 0.25) is 5.91 Å². The second kappa shape index (κ2) is 12.3. The van der Waals surface area contributed by atoms with E-state index in [-0.39, 0.29) is 29.0 Å². The smallest absolute Gasteiger partial charge is 0.271 e. The van der Waals surface area contributed by atoms with Crippen LogP contribution in [0.25, 0.3) is 0 Å². The number of carbonyl (C=O) groups excluding carboxylic acids is 2. The van der Waals surface area contributed by atoms with Crippen molar-refractivity contribution in [3.05, 3.63) is 41.2 Å². The summed E-state index contributed by atoms with van der Waals surface area (Å²) in [7, 11) is 0. The van der Waals surface area contributed by atoms with Crippen molar-refractivity contribution in [2.45, 2.75) is 38.3 Å². The summed E-state index contributed by atoms with van der Waals surface area (Å²) in [4.78, 5) is 32.7. The van der Waals surface area contributed by atoms with Crippen LogP contribution in [0.4, 0.5) is 5.69 Å². The van der Waals surface area contributed by atoms with E-state index in [2.05, 4.69) is 27.5 Å². The summed E-state index contributed by atoms with van der Waals surface area (Å²) in [6.45, 7) is 4.91. The van der Waals surface area contributed by atoms with Crippen molar-refractivity contribution in [2.75, 3.05) is 24.2 Å². The molecule has 0 aliphatic heterocycles. The zero-order valence-electron chi connectivity index (χ0n) is 16.5. The molecular weight excluding hydrogens is 412 g/mol. The highest BCUT2D eigenvalue weighted by atomic mass is 35.5. The van der Waals surface area contributed by atoms with Crippen molar-refractivity contribution in [2.24, 2.45) is 0 Å². The number of anilines is 1. The number of hydrogen-bond acceptors (Lipinski definition) is 6. The molecule has 2 rings (SSSR count). The predicted octanol–water partition coefficient (Wildman–Crippen LogP) is 4.18. The molecular formula is C20H25ClN4O3S. The Morgan fingerprint density at radius 2 is 1.97 bits per heavy atom. The predicted molar refractivity (Wildman–Crippen MR) is 116 cm³/mol. The summed E-state index contributed by atoms with van der Waals surface area (Å²) in [5.74, 6) is 1.13. The fraction of sp³-hybridized carbons (Fsp3) is 0.400. The van der Waals surface area contributed by atoms with E-state index in [1.807, 2.05) is 6.92 Å². The first-order valence-electron chi connectivity index (χ1n) is 9.49. The van der Waals surface area contributed by atoms with Crippen LogP contribution in [0.3, 0.4) is 0 Å². The Labute approximate surface area is 180 Å². The zero-order valence-corrected chi connectivity index (χ0v) is 18.1. The molecule has 0 saturated heterocycles. The Morgan fingerprint density at radius 1 is 1.21 bits per heavy atom. The van der Waals surface area contributed by atoms with Crippen LogP contribution in [-0.2, 0) is 4.79 Å². The van der Waals surface area contributed by atoms with Gasteiger partial charge in [0.15, 0.2) is 10.9 Å². The Morgan fingerprint density at radius 3 is 2.66 bits per heavy atom. The molecule has 1 aromatic carbocycles. The number of amides is 2. The Kier molecular flexibility index (Phi) is 9.73. The van der Waals surface area contributed by atoms with Crippen molar-refractivity contribution >= 4 is 40.9 Å². The number of hydrogen-bond donors (Lipinski definition) is 2. The highest BCUT2D eigenvalue weighted by Gasteiger charge is 2.14. The molecule has 0 fully saturated rings. The highest BCUT2D eigenvalue weighted by Crippen LogP contribution is 2.19. The number of nitrogens with one attached hydrogen (secondary N) is 2. The maximum Gasteiger partial charge on any atom is 0.271 e. The fourth-order valence-corrected chi connectivity index (χ4v) is 3.18. The molecule has 0 aliphatic rings. The first-order valence-corrected chi connectivity index (χ1v) is 10.9. The number of ether oxygens (including phenoxy) is 1. The third kappa shape index (κ3) is 7.91. The van der Waals surface area contributed by atoms with E-state index < -0.39 is 0 Å². The molecule has 0 atom stereocenters. The third-order valence-electron chi connectivity index (χ3n) is 3.69. The quantitative estimate of drug-likeness (QED) is 0.312. The van der Waals surface area contributed by atoms with E-state index in [0.717, 1.165) is 17.9 Å². The summed E-state index contributed by atoms with van der Waals surface area (Å²) in [6, 6.07) is 7.18. The van der Waals surface area contributed by atoms with Crippen LogP contribution in [0.2, 0.25) is 5.02 Å². The molecule has 0 radical (unpaired) electrons. The van der Waals surface area contributed by atoms with E-state index >= 15 is 0 Å². The minimum absolute atomic E-state index is 0.123. The Hall–Kier alpha value is -2.32. The monoisotopic (exact) mass is 436 g/mol. The van der Waals surface area contributed by atoms with Crippen LogP contribution in [0, 0.1) is 0 Å². The molecule has 9 heteroatoms. The van der Waals surface area contributed by atoms with Gasteiger partial charge in [-0.1, -0.05) is 30.3 Å². The molecule has 2 amide bonds. The van der Waals surface area contributed by atoms with Gasteiger partial charge in [-0.05, 0) is 44.0 Å². The second-order valence-corrected chi connectivity index (χ2v) is 7.53. The summed E-state index contributed by atoms with van der Waals surface area (Å²) in [5.41, 5.74) is 0.853.